The maximum atomic E-state index is 9.48. The first-order valence-corrected chi connectivity index (χ1v) is 10.5. The Kier molecular flexibility index (Phi) is 6.53. The first-order chi connectivity index (χ1) is 16.0. The highest BCUT2D eigenvalue weighted by molar-refractivity contribution is 5.70. The van der Waals surface area contributed by atoms with Crippen molar-refractivity contribution in [3.63, 3.8) is 0 Å². The molecule has 0 atom stereocenters. The molecule has 4 rings (SSSR count). The lowest BCUT2D eigenvalue weighted by molar-refractivity contribution is 0.373. The van der Waals surface area contributed by atoms with E-state index < -0.39 is 0 Å². The van der Waals surface area contributed by atoms with Gasteiger partial charge in [0.25, 0.3) is 0 Å². The smallest absolute Gasteiger partial charge is 0.241 e. The maximum absolute atomic E-state index is 9.48. The summed E-state index contributed by atoms with van der Waals surface area (Å²) in [5, 5.41) is 17.1. The first kappa shape index (κ1) is 21.9. The van der Waals surface area contributed by atoms with Crippen molar-refractivity contribution in [2.45, 2.75) is 6.54 Å². The molecule has 3 N–H and O–H groups in total. The summed E-state index contributed by atoms with van der Waals surface area (Å²) in [7, 11) is 4.09. The van der Waals surface area contributed by atoms with Crippen LogP contribution in [-0.4, -0.2) is 40.3 Å². The van der Waals surface area contributed by atoms with Crippen LogP contribution in [0.5, 0.6) is 11.6 Å². The number of rotatable bonds is 8. The van der Waals surface area contributed by atoms with Gasteiger partial charge in [-0.2, -0.15) is 15.3 Å². The van der Waals surface area contributed by atoms with Gasteiger partial charge in [-0.25, -0.2) is 0 Å². The third-order valence-electron chi connectivity index (χ3n) is 4.99. The highest BCUT2D eigenvalue weighted by atomic mass is 16.5. The number of benzene rings is 2. The second-order valence-electron chi connectivity index (χ2n) is 7.80. The summed E-state index contributed by atoms with van der Waals surface area (Å²) in [6.07, 6.45) is 3.91. The topological polar surface area (TPSA) is 105 Å². The zero-order chi connectivity index (χ0) is 23.2. The molecule has 0 aliphatic rings. The van der Waals surface area contributed by atoms with Crippen LogP contribution in [0.2, 0.25) is 0 Å². The van der Waals surface area contributed by atoms with Gasteiger partial charge in [-0.05, 0) is 43.9 Å². The van der Waals surface area contributed by atoms with Crippen molar-refractivity contribution in [3.8, 4) is 28.8 Å². The zero-order valence-electron chi connectivity index (χ0n) is 18.6. The summed E-state index contributed by atoms with van der Waals surface area (Å²) in [5.41, 5.74) is 9.54. The van der Waals surface area contributed by atoms with Crippen LogP contribution in [0.15, 0.2) is 73.1 Å². The van der Waals surface area contributed by atoms with Crippen molar-refractivity contribution >= 4 is 17.2 Å². The standard InChI is InChI=1S/C25H25N7O/c1-31(2)12-13-32-17-19(16-28-32)18-8-10-20(11-9-18)29-24-14-23(27)22(15-26)25(30-24)33-21-6-4-3-5-7-21/h3-11,14,16-17H,12-13H2,1-2H3,(H3,27,29,30). The lowest BCUT2D eigenvalue weighted by Crippen LogP contribution is -2.18. The first-order valence-electron chi connectivity index (χ1n) is 10.5. The molecule has 0 aliphatic carbocycles. The molecule has 2 heterocycles. The zero-order valence-corrected chi connectivity index (χ0v) is 18.6. The number of hydrogen-bond donors (Lipinski definition) is 2. The Balaban J connectivity index is 1.50. The van der Waals surface area contributed by atoms with Gasteiger partial charge in [0.2, 0.25) is 5.88 Å². The van der Waals surface area contributed by atoms with E-state index in [1.807, 2.05) is 73.6 Å². The molecule has 0 aliphatic heterocycles. The van der Waals surface area contributed by atoms with E-state index in [1.165, 1.54) is 0 Å². The molecule has 166 valence electrons. The number of pyridine rings is 1. The molecule has 0 saturated heterocycles. The molecule has 0 unspecified atom stereocenters. The quantitative estimate of drug-likeness (QED) is 0.416. The number of hydrogen-bond acceptors (Lipinski definition) is 7. The fraction of sp³-hybridized carbons (Fsp3) is 0.160. The van der Waals surface area contributed by atoms with Gasteiger partial charge in [0.05, 0.1) is 18.4 Å². The summed E-state index contributed by atoms with van der Waals surface area (Å²) in [6.45, 7) is 1.77. The number of para-hydroxylation sites is 1. The van der Waals surface area contributed by atoms with Gasteiger partial charge < -0.3 is 20.7 Å². The van der Waals surface area contributed by atoms with E-state index >= 15 is 0 Å². The number of nitrogens with one attached hydrogen (secondary N) is 1. The second kappa shape index (κ2) is 9.85. The predicted octanol–water partition coefficient (Wildman–Crippen LogP) is 4.50. The summed E-state index contributed by atoms with van der Waals surface area (Å²) in [4.78, 5) is 6.59. The number of aromatic nitrogens is 3. The number of anilines is 3. The Labute approximate surface area is 192 Å². The number of nitriles is 1. The molecule has 2 aromatic heterocycles. The minimum absolute atomic E-state index is 0.160. The minimum Gasteiger partial charge on any atom is -0.438 e. The predicted molar refractivity (Wildman–Crippen MR) is 129 cm³/mol. The van der Waals surface area contributed by atoms with Gasteiger partial charge in [0.15, 0.2) is 0 Å². The molecular weight excluding hydrogens is 414 g/mol. The van der Waals surface area contributed by atoms with Crippen molar-refractivity contribution in [1.82, 2.24) is 19.7 Å². The molecule has 0 radical (unpaired) electrons. The molecule has 0 amide bonds. The molecule has 33 heavy (non-hydrogen) atoms. The van der Waals surface area contributed by atoms with Crippen LogP contribution in [-0.2, 0) is 6.54 Å². The van der Waals surface area contributed by atoms with Gasteiger partial charge in [0.1, 0.15) is 23.2 Å². The summed E-state index contributed by atoms with van der Waals surface area (Å²) >= 11 is 0. The third-order valence-corrected chi connectivity index (χ3v) is 4.99. The normalized spacial score (nSPS) is 10.7. The van der Waals surface area contributed by atoms with Gasteiger partial charge in [-0.3, -0.25) is 4.68 Å². The lowest BCUT2D eigenvalue weighted by Gasteiger charge is -2.12. The minimum atomic E-state index is 0.160. The Morgan fingerprint density at radius 2 is 1.85 bits per heavy atom. The molecule has 0 bridgehead atoms. The van der Waals surface area contributed by atoms with Crippen LogP contribution in [0.1, 0.15) is 5.56 Å². The van der Waals surface area contributed by atoms with Crippen molar-refractivity contribution in [2.24, 2.45) is 0 Å². The molecule has 0 fully saturated rings. The number of nitrogen functional groups attached to an aromatic ring is 1. The van der Waals surface area contributed by atoms with Crippen LogP contribution in [0.3, 0.4) is 0 Å². The van der Waals surface area contributed by atoms with E-state index in [0.29, 0.717) is 17.3 Å². The summed E-state index contributed by atoms with van der Waals surface area (Å²) in [6, 6.07) is 20.8. The van der Waals surface area contributed by atoms with Crippen molar-refractivity contribution in [3.05, 3.63) is 78.6 Å². The van der Waals surface area contributed by atoms with E-state index in [-0.39, 0.29) is 11.4 Å². The molecule has 0 saturated carbocycles. The lowest BCUT2D eigenvalue weighted by atomic mass is 10.1. The molecule has 0 spiro atoms. The molecule has 4 aromatic rings. The second-order valence-corrected chi connectivity index (χ2v) is 7.80. The molecule has 2 aromatic carbocycles. The van der Waals surface area contributed by atoms with Crippen molar-refractivity contribution in [1.29, 1.82) is 5.26 Å². The van der Waals surface area contributed by atoms with E-state index in [2.05, 4.69) is 26.4 Å². The summed E-state index contributed by atoms with van der Waals surface area (Å²) in [5.74, 6) is 1.23. The van der Waals surface area contributed by atoms with Gasteiger partial charge >= 0.3 is 0 Å². The highest BCUT2D eigenvalue weighted by Gasteiger charge is 2.13. The van der Waals surface area contributed by atoms with Crippen LogP contribution >= 0.6 is 0 Å². The molecular formula is C25H25N7O. The average Bonchev–Trinajstić information content (AvgIpc) is 3.28. The van der Waals surface area contributed by atoms with E-state index in [4.69, 9.17) is 10.5 Å². The van der Waals surface area contributed by atoms with Crippen molar-refractivity contribution in [2.75, 3.05) is 31.7 Å². The molecule has 8 nitrogen and oxygen atoms in total. The Hall–Kier alpha value is -4.35. The third kappa shape index (κ3) is 5.47. The molecule has 8 heteroatoms. The maximum Gasteiger partial charge on any atom is 0.241 e. The van der Waals surface area contributed by atoms with Crippen LogP contribution < -0.4 is 15.8 Å². The van der Waals surface area contributed by atoms with Gasteiger partial charge in [0, 0.05) is 30.1 Å². The summed E-state index contributed by atoms with van der Waals surface area (Å²) < 4.78 is 7.75. The van der Waals surface area contributed by atoms with E-state index in [9.17, 15) is 5.26 Å². The van der Waals surface area contributed by atoms with Gasteiger partial charge in [-0.1, -0.05) is 30.3 Å². The van der Waals surface area contributed by atoms with Crippen LogP contribution in [0.25, 0.3) is 11.1 Å². The van der Waals surface area contributed by atoms with Crippen LogP contribution in [0.4, 0.5) is 17.2 Å². The fourth-order valence-corrected chi connectivity index (χ4v) is 3.22. The Morgan fingerprint density at radius 3 is 2.55 bits per heavy atom. The largest absolute Gasteiger partial charge is 0.438 e. The average molecular weight is 440 g/mol. The SMILES string of the molecule is CN(C)CCn1cc(-c2ccc(Nc3cc(N)c(C#N)c(Oc4ccccc4)n3)cc2)cn1. The Bertz CT molecular complexity index is 1260. The van der Waals surface area contributed by atoms with Crippen molar-refractivity contribution < 1.29 is 4.74 Å². The van der Waals surface area contributed by atoms with E-state index in [1.54, 1.807) is 18.2 Å². The van der Waals surface area contributed by atoms with Gasteiger partial charge in [-0.15, -0.1) is 0 Å². The van der Waals surface area contributed by atoms with Crippen LogP contribution in [0, 0.1) is 11.3 Å². The number of nitrogens with two attached hydrogens (primary N) is 1. The number of nitrogens with zero attached hydrogens (tertiary/aromatic N) is 5. The monoisotopic (exact) mass is 439 g/mol. The fourth-order valence-electron chi connectivity index (χ4n) is 3.22. The number of likely N-dealkylation sites (N-methyl/N-ethyl adjacent to an activating group) is 1. The van der Waals surface area contributed by atoms with E-state index in [0.717, 1.165) is 29.9 Å². The highest BCUT2D eigenvalue weighted by Crippen LogP contribution is 2.30. The Morgan fingerprint density at radius 1 is 1.09 bits per heavy atom. The number of ether oxygens (including phenoxy) is 1.